The minimum atomic E-state index is -1.11. The van der Waals surface area contributed by atoms with Crippen LogP contribution < -0.4 is 0 Å². The van der Waals surface area contributed by atoms with Gasteiger partial charge in [0.05, 0.1) is 4.91 Å². The van der Waals surface area contributed by atoms with E-state index >= 15 is 0 Å². The number of carboxylic acid groups (broad SMARTS) is 1. The molecule has 2 heterocycles. The highest BCUT2D eigenvalue weighted by atomic mass is 35.5. The highest BCUT2D eigenvalue weighted by molar-refractivity contribution is 8.26. The number of carboxylic acids is 1. The molecule has 1 aromatic carbocycles. The lowest BCUT2D eigenvalue weighted by Gasteiger charge is -2.18. The van der Waals surface area contributed by atoms with E-state index < -0.39 is 17.9 Å². The van der Waals surface area contributed by atoms with E-state index in [1.165, 1.54) is 6.92 Å². The first kappa shape index (κ1) is 17.7. The Bertz CT molecular complexity index is 888. The van der Waals surface area contributed by atoms with Crippen LogP contribution >= 0.6 is 35.6 Å². The van der Waals surface area contributed by atoms with E-state index in [9.17, 15) is 9.59 Å². The van der Waals surface area contributed by atoms with Gasteiger partial charge in [-0.25, -0.2) is 4.79 Å². The fourth-order valence-corrected chi connectivity index (χ4v) is 3.78. The highest BCUT2D eigenvalue weighted by Gasteiger charge is 2.38. The Balaban J connectivity index is 1.84. The number of rotatable bonds is 4. The largest absolute Gasteiger partial charge is 0.480 e. The molecule has 1 aromatic heterocycles. The Morgan fingerprint density at radius 3 is 2.64 bits per heavy atom. The van der Waals surface area contributed by atoms with Gasteiger partial charge in [0, 0.05) is 16.7 Å². The van der Waals surface area contributed by atoms with Crippen LogP contribution in [0.15, 0.2) is 45.7 Å². The summed E-state index contributed by atoms with van der Waals surface area (Å²) in [5.41, 5.74) is 0.857. The maximum atomic E-state index is 12.4. The number of furan rings is 1. The molecule has 1 saturated heterocycles. The second kappa shape index (κ2) is 7.03. The van der Waals surface area contributed by atoms with E-state index in [-0.39, 0.29) is 4.32 Å². The fraction of sp³-hybridized carbons (Fsp3) is 0.118. The van der Waals surface area contributed by atoms with Crippen LogP contribution in [0, 0.1) is 0 Å². The van der Waals surface area contributed by atoms with Crippen LogP contribution in [0.1, 0.15) is 12.7 Å². The number of hydrogen-bond acceptors (Lipinski definition) is 5. The lowest BCUT2D eigenvalue weighted by atomic mass is 10.2. The predicted octanol–water partition coefficient (Wildman–Crippen LogP) is 4.27. The van der Waals surface area contributed by atoms with Crippen molar-refractivity contribution < 1.29 is 19.1 Å². The third-order valence-electron chi connectivity index (χ3n) is 3.60. The number of carbonyl (C=O) groups excluding carboxylic acids is 1. The van der Waals surface area contributed by atoms with Gasteiger partial charge in [0.2, 0.25) is 0 Å². The number of thiocarbonyl (C=S) groups is 1. The van der Waals surface area contributed by atoms with E-state index in [0.717, 1.165) is 22.2 Å². The van der Waals surface area contributed by atoms with Crippen molar-refractivity contribution in [3.05, 3.63) is 52.1 Å². The molecule has 1 aliphatic heterocycles. The smallest absolute Gasteiger partial charge is 0.326 e. The molecule has 5 nitrogen and oxygen atoms in total. The maximum Gasteiger partial charge on any atom is 0.326 e. The van der Waals surface area contributed by atoms with Crippen LogP contribution in [0.3, 0.4) is 0 Å². The quantitative estimate of drug-likeness (QED) is 0.617. The van der Waals surface area contributed by atoms with Crippen LogP contribution in [0.2, 0.25) is 5.02 Å². The summed E-state index contributed by atoms with van der Waals surface area (Å²) in [6.45, 7) is 1.42. The van der Waals surface area contributed by atoms with Crippen molar-refractivity contribution in [3.63, 3.8) is 0 Å². The maximum absolute atomic E-state index is 12.4. The Hall–Kier alpha value is -2.09. The van der Waals surface area contributed by atoms with Gasteiger partial charge in [-0.1, -0.05) is 35.6 Å². The van der Waals surface area contributed by atoms with Gasteiger partial charge >= 0.3 is 5.97 Å². The number of hydrogen-bond donors (Lipinski definition) is 1. The zero-order valence-corrected chi connectivity index (χ0v) is 15.3. The third-order valence-corrected chi connectivity index (χ3v) is 5.18. The molecule has 128 valence electrons. The molecule has 2 aromatic rings. The summed E-state index contributed by atoms with van der Waals surface area (Å²) in [7, 11) is 0. The van der Waals surface area contributed by atoms with Crippen molar-refractivity contribution in [1.82, 2.24) is 4.90 Å². The van der Waals surface area contributed by atoms with Crippen molar-refractivity contribution in [2.24, 2.45) is 0 Å². The minimum absolute atomic E-state index is 0.218. The minimum Gasteiger partial charge on any atom is -0.480 e. The molecule has 1 amide bonds. The molecule has 0 aliphatic carbocycles. The first-order valence-corrected chi connectivity index (χ1v) is 8.83. The summed E-state index contributed by atoms with van der Waals surface area (Å²) in [6, 6.07) is 9.69. The number of carbonyl (C=O) groups is 2. The first-order chi connectivity index (χ1) is 11.9. The summed E-state index contributed by atoms with van der Waals surface area (Å²) in [5, 5.41) is 9.72. The lowest BCUT2D eigenvalue weighted by Crippen LogP contribution is -2.41. The van der Waals surface area contributed by atoms with Crippen LogP contribution in [0.4, 0.5) is 0 Å². The molecule has 1 aliphatic rings. The molecule has 0 bridgehead atoms. The second-order valence-corrected chi connectivity index (χ2v) is 7.39. The van der Waals surface area contributed by atoms with Crippen molar-refractivity contribution in [2.75, 3.05) is 0 Å². The molecule has 0 spiro atoms. The zero-order chi connectivity index (χ0) is 18.1. The topological polar surface area (TPSA) is 70.8 Å². The van der Waals surface area contributed by atoms with Crippen molar-refractivity contribution >= 4 is 57.9 Å². The van der Waals surface area contributed by atoms with Gasteiger partial charge in [0.1, 0.15) is 21.9 Å². The summed E-state index contributed by atoms with van der Waals surface area (Å²) < 4.78 is 5.95. The van der Waals surface area contributed by atoms with Gasteiger partial charge in [-0.15, -0.1) is 0 Å². The van der Waals surface area contributed by atoms with E-state index in [1.807, 2.05) is 12.1 Å². The molecular weight excluding hydrogens is 382 g/mol. The van der Waals surface area contributed by atoms with Crippen LogP contribution in [-0.2, 0) is 9.59 Å². The van der Waals surface area contributed by atoms with Gasteiger partial charge in [0.15, 0.2) is 0 Å². The van der Waals surface area contributed by atoms with E-state index in [1.54, 1.807) is 30.3 Å². The summed E-state index contributed by atoms with van der Waals surface area (Å²) in [6.07, 6.45) is 1.56. The molecule has 1 fully saturated rings. The van der Waals surface area contributed by atoms with Crippen LogP contribution in [-0.4, -0.2) is 32.2 Å². The average Bonchev–Trinajstić information content (AvgIpc) is 3.13. The number of halogens is 1. The van der Waals surface area contributed by atoms with Crippen LogP contribution in [0.5, 0.6) is 0 Å². The van der Waals surface area contributed by atoms with E-state index in [4.69, 9.17) is 33.3 Å². The van der Waals surface area contributed by atoms with Crippen molar-refractivity contribution in [3.8, 4) is 11.3 Å². The molecule has 0 radical (unpaired) electrons. The van der Waals surface area contributed by atoms with Crippen LogP contribution in [0.25, 0.3) is 17.4 Å². The monoisotopic (exact) mass is 393 g/mol. The number of benzene rings is 1. The average molecular weight is 394 g/mol. The Labute approximate surface area is 158 Å². The predicted molar refractivity (Wildman–Crippen MR) is 101 cm³/mol. The standard InChI is InChI=1S/C17H12ClNO4S2/c1-9(16(21)22)19-15(20)14(25-17(19)24)8-12-6-7-13(23-12)10-2-4-11(18)5-3-10/h2-9H,1H3,(H,21,22). The molecular formula is C17H12ClNO4S2. The van der Waals surface area contributed by atoms with Gasteiger partial charge in [0.25, 0.3) is 5.91 Å². The second-order valence-electron chi connectivity index (χ2n) is 5.27. The molecule has 3 rings (SSSR count). The molecule has 8 heteroatoms. The zero-order valence-electron chi connectivity index (χ0n) is 12.9. The Morgan fingerprint density at radius 2 is 2.00 bits per heavy atom. The number of nitrogens with zero attached hydrogens (tertiary/aromatic N) is 1. The summed E-state index contributed by atoms with van der Waals surface area (Å²) >= 11 is 12.0. The SMILES string of the molecule is CC(C(=O)O)N1C(=O)C(=Cc2ccc(-c3ccc(Cl)cc3)o2)SC1=S. The molecule has 0 saturated carbocycles. The molecule has 25 heavy (non-hydrogen) atoms. The Kier molecular flexibility index (Phi) is 4.99. The number of thioether (sulfide) groups is 1. The van der Waals surface area contributed by atoms with Gasteiger partial charge < -0.3 is 9.52 Å². The van der Waals surface area contributed by atoms with Crippen molar-refractivity contribution in [2.45, 2.75) is 13.0 Å². The van der Waals surface area contributed by atoms with E-state index in [0.29, 0.717) is 21.4 Å². The highest BCUT2D eigenvalue weighted by Crippen LogP contribution is 2.35. The van der Waals surface area contributed by atoms with Gasteiger partial charge in [-0.3, -0.25) is 9.69 Å². The fourth-order valence-electron chi connectivity index (χ4n) is 2.25. The normalized spacial score (nSPS) is 17.4. The first-order valence-electron chi connectivity index (χ1n) is 7.22. The van der Waals surface area contributed by atoms with Gasteiger partial charge in [-0.2, -0.15) is 0 Å². The van der Waals surface area contributed by atoms with E-state index in [2.05, 4.69) is 0 Å². The molecule has 1 unspecified atom stereocenters. The summed E-state index contributed by atoms with van der Waals surface area (Å²) in [4.78, 5) is 24.9. The number of aliphatic carboxylic acids is 1. The summed E-state index contributed by atoms with van der Waals surface area (Å²) in [5.74, 6) is -0.430. The molecule has 1 atom stereocenters. The van der Waals surface area contributed by atoms with Crippen molar-refractivity contribution in [1.29, 1.82) is 0 Å². The van der Waals surface area contributed by atoms with Gasteiger partial charge in [-0.05, 0) is 43.3 Å². The molecule has 1 N–H and O–H groups in total. The third kappa shape index (κ3) is 3.63. The number of amides is 1. The lowest BCUT2D eigenvalue weighted by molar-refractivity contribution is -0.144. The Morgan fingerprint density at radius 1 is 1.32 bits per heavy atom.